The number of aromatic hydroxyl groups is 1. The fourth-order valence-electron chi connectivity index (χ4n) is 1.33. The number of aliphatic imine (C=N–C) groups is 1. The molecule has 15 heavy (non-hydrogen) atoms. The normalized spacial score (nSPS) is 11.3. The highest BCUT2D eigenvalue weighted by Gasteiger charge is 2.13. The molecule has 0 heterocycles. The predicted octanol–water partition coefficient (Wildman–Crippen LogP) is 1.85. The van der Waals surface area contributed by atoms with E-state index in [4.69, 9.17) is 9.47 Å². The molecule has 1 N–H and O–H groups in total. The molecule has 82 valence electrons. The highest BCUT2D eigenvalue weighted by Crippen LogP contribution is 2.33. The number of rotatable bonds is 3. The van der Waals surface area contributed by atoms with Crippen molar-refractivity contribution in [2.45, 2.75) is 6.92 Å². The van der Waals surface area contributed by atoms with Crippen LogP contribution in [0, 0.1) is 0 Å². The molecule has 1 rings (SSSR count). The Morgan fingerprint density at radius 3 is 2.40 bits per heavy atom. The van der Waals surface area contributed by atoms with Crippen LogP contribution < -0.4 is 9.47 Å². The minimum Gasteiger partial charge on any atom is -0.507 e. The van der Waals surface area contributed by atoms with Gasteiger partial charge in [-0.3, -0.25) is 4.99 Å². The van der Waals surface area contributed by atoms with Crippen molar-refractivity contribution in [3.05, 3.63) is 17.7 Å². The number of methoxy groups -OCH3 is 2. The van der Waals surface area contributed by atoms with Crippen molar-refractivity contribution in [2.24, 2.45) is 4.99 Å². The Balaban J connectivity index is 3.37. The highest BCUT2D eigenvalue weighted by atomic mass is 16.5. The molecule has 0 aliphatic heterocycles. The molecule has 0 fully saturated rings. The summed E-state index contributed by atoms with van der Waals surface area (Å²) >= 11 is 0. The second-order valence-electron chi connectivity index (χ2n) is 3.03. The molecule has 0 aliphatic rings. The van der Waals surface area contributed by atoms with Crippen molar-refractivity contribution in [2.75, 3.05) is 21.3 Å². The van der Waals surface area contributed by atoms with Crippen LogP contribution in [0.4, 0.5) is 0 Å². The minimum atomic E-state index is 0.106. The molecular formula is C11H15NO3. The van der Waals surface area contributed by atoms with Crippen molar-refractivity contribution in [1.29, 1.82) is 0 Å². The Morgan fingerprint density at radius 2 is 1.93 bits per heavy atom. The number of hydrogen-bond donors (Lipinski definition) is 1. The molecule has 4 nitrogen and oxygen atoms in total. The van der Waals surface area contributed by atoms with Gasteiger partial charge < -0.3 is 14.6 Å². The van der Waals surface area contributed by atoms with Gasteiger partial charge in [-0.1, -0.05) is 0 Å². The van der Waals surface area contributed by atoms with E-state index in [0.29, 0.717) is 22.8 Å². The third-order valence-corrected chi connectivity index (χ3v) is 2.21. The number of hydrogen-bond acceptors (Lipinski definition) is 4. The van der Waals surface area contributed by atoms with E-state index in [1.165, 1.54) is 13.2 Å². The van der Waals surface area contributed by atoms with E-state index in [2.05, 4.69) is 4.99 Å². The molecule has 0 spiro atoms. The fraction of sp³-hybridized carbons (Fsp3) is 0.364. The van der Waals surface area contributed by atoms with E-state index < -0.39 is 0 Å². The number of benzene rings is 1. The zero-order valence-corrected chi connectivity index (χ0v) is 9.37. The first-order valence-electron chi connectivity index (χ1n) is 4.52. The summed E-state index contributed by atoms with van der Waals surface area (Å²) in [6.07, 6.45) is 0. The maximum atomic E-state index is 9.80. The molecule has 0 radical (unpaired) electrons. The van der Waals surface area contributed by atoms with Crippen molar-refractivity contribution in [3.8, 4) is 17.2 Å². The number of phenolic OH excluding ortho intramolecular Hbond substituents is 1. The zero-order chi connectivity index (χ0) is 11.4. The lowest BCUT2D eigenvalue weighted by Gasteiger charge is -2.11. The molecule has 0 saturated carbocycles. The molecule has 0 atom stereocenters. The summed E-state index contributed by atoms with van der Waals surface area (Å²) in [4.78, 5) is 4.02. The van der Waals surface area contributed by atoms with Crippen LogP contribution in [0.1, 0.15) is 12.5 Å². The maximum Gasteiger partial charge on any atom is 0.135 e. The molecule has 0 aliphatic carbocycles. The maximum absolute atomic E-state index is 9.80. The van der Waals surface area contributed by atoms with Crippen LogP contribution in [0.25, 0.3) is 0 Å². The van der Waals surface area contributed by atoms with Crippen LogP contribution in [0.15, 0.2) is 17.1 Å². The van der Waals surface area contributed by atoms with Gasteiger partial charge in [0.15, 0.2) is 0 Å². The van der Waals surface area contributed by atoms with Crippen molar-refractivity contribution < 1.29 is 14.6 Å². The fourth-order valence-corrected chi connectivity index (χ4v) is 1.33. The largest absolute Gasteiger partial charge is 0.507 e. The van der Waals surface area contributed by atoms with Gasteiger partial charge in [0.1, 0.15) is 17.2 Å². The molecule has 0 saturated heterocycles. The van der Waals surface area contributed by atoms with Crippen LogP contribution in [-0.4, -0.2) is 32.1 Å². The van der Waals surface area contributed by atoms with E-state index in [1.807, 2.05) is 6.92 Å². The Morgan fingerprint density at radius 1 is 1.27 bits per heavy atom. The van der Waals surface area contributed by atoms with Crippen molar-refractivity contribution in [1.82, 2.24) is 0 Å². The summed E-state index contributed by atoms with van der Waals surface area (Å²) in [5, 5.41) is 9.80. The average Bonchev–Trinajstić information content (AvgIpc) is 2.26. The van der Waals surface area contributed by atoms with Gasteiger partial charge in [0, 0.05) is 24.9 Å². The molecule has 1 aromatic rings. The van der Waals surface area contributed by atoms with Gasteiger partial charge in [-0.25, -0.2) is 0 Å². The summed E-state index contributed by atoms with van der Waals surface area (Å²) in [5.74, 6) is 1.21. The topological polar surface area (TPSA) is 51.1 Å². The van der Waals surface area contributed by atoms with Crippen LogP contribution in [0.5, 0.6) is 17.2 Å². The van der Waals surface area contributed by atoms with E-state index in [1.54, 1.807) is 20.2 Å². The monoisotopic (exact) mass is 209 g/mol. The Labute approximate surface area is 89.2 Å². The summed E-state index contributed by atoms with van der Waals surface area (Å²) in [5.41, 5.74) is 1.31. The number of nitrogens with zero attached hydrogens (tertiary/aromatic N) is 1. The molecule has 0 amide bonds. The van der Waals surface area contributed by atoms with Crippen LogP contribution in [0.2, 0.25) is 0 Å². The number of ether oxygens (including phenoxy) is 2. The van der Waals surface area contributed by atoms with E-state index in [-0.39, 0.29) is 5.75 Å². The Hall–Kier alpha value is -1.71. The van der Waals surface area contributed by atoms with Gasteiger partial charge in [-0.2, -0.15) is 0 Å². The van der Waals surface area contributed by atoms with Gasteiger partial charge in [-0.15, -0.1) is 0 Å². The third-order valence-electron chi connectivity index (χ3n) is 2.21. The molecule has 0 unspecified atom stereocenters. The summed E-state index contributed by atoms with van der Waals surface area (Å²) in [6.45, 7) is 1.81. The number of phenols is 1. The minimum absolute atomic E-state index is 0.106. The predicted molar refractivity (Wildman–Crippen MR) is 59.3 cm³/mol. The molecule has 1 aromatic carbocycles. The smallest absolute Gasteiger partial charge is 0.135 e. The SMILES string of the molecule is CN=C(C)c1c(O)cc(OC)cc1OC. The zero-order valence-electron chi connectivity index (χ0n) is 9.37. The first-order chi connectivity index (χ1) is 7.13. The van der Waals surface area contributed by atoms with Gasteiger partial charge in [-0.05, 0) is 6.92 Å². The lowest BCUT2D eigenvalue weighted by Crippen LogP contribution is -2.00. The van der Waals surface area contributed by atoms with Crippen molar-refractivity contribution in [3.63, 3.8) is 0 Å². The van der Waals surface area contributed by atoms with E-state index in [9.17, 15) is 5.11 Å². The summed E-state index contributed by atoms with van der Waals surface area (Å²) in [6, 6.07) is 3.25. The van der Waals surface area contributed by atoms with Crippen LogP contribution in [-0.2, 0) is 0 Å². The molecule has 4 heteroatoms. The lowest BCUT2D eigenvalue weighted by molar-refractivity contribution is 0.384. The van der Waals surface area contributed by atoms with E-state index in [0.717, 1.165) is 0 Å². The second-order valence-corrected chi connectivity index (χ2v) is 3.03. The van der Waals surface area contributed by atoms with Gasteiger partial charge in [0.05, 0.1) is 19.8 Å². The van der Waals surface area contributed by atoms with Crippen LogP contribution in [0.3, 0.4) is 0 Å². The van der Waals surface area contributed by atoms with E-state index >= 15 is 0 Å². The summed E-state index contributed by atoms with van der Waals surface area (Å²) in [7, 11) is 4.74. The standard InChI is InChI=1S/C11H15NO3/c1-7(12-2)11-9(13)5-8(14-3)6-10(11)15-4/h5-6,13H,1-4H3. The first-order valence-corrected chi connectivity index (χ1v) is 4.52. The third kappa shape index (κ3) is 2.21. The Kier molecular flexibility index (Phi) is 3.55. The van der Waals surface area contributed by atoms with Crippen molar-refractivity contribution >= 4 is 5.71 Å². The van der Waals surface area contributed by atoms with Crippen LogP contribution >= 0.6 is 0 Å². The molecule has 0 aromatic heterocycles. The highest BCUT2D eigenvalue weighted by molar-refractivity contribution is 6.03. The quantitative estimate of drug-likeness (QED) is 0.773. The van der Waals surface area contributed by atoms with Gasteiger partial charge in [0.2, 0.25) is 0 Å². The Bertz CT molecular complexity index is 386. The molecule has 0 bridgehead atoms. The first kappa shape index (κ1) is 11.4. The van der Waals surface area contributed by atoms with Gasteiger partial charge >= 0.3 is 0 Å². The molecular weight excluding hydrogens is 194 g/mol. The van der Waals surface area contributed by atoms with Gasteiger partial charge in [0.25, 0.3) is 0 Å². The lowest BCUT2D eigenvalue weighted by atomic mass is 10.1. The average molecular weight is 209 g/mol. The second kappa shape index (κ2) is 4.68. The summed E-state index contributed by atoms with van der Waals surface area (Å²) < 4.78 is 10.2.